The van der Waals surface area contributed by atoms with Crippen LogP contribution in [0.2, 0.25) is 0 Å². The van der Waals surface area contributed by atoms with Gasteiger partial charge in [0.05, 0.1) is 36.6 Å². The van der Waals surface area contributed by atoms with Crippen LogP contribution in [0, 0.1) is 6.92 Å². The summed E-state index contributed by atoms with van der Waals surface area (Å²) in [5, 5.41) is 3.60. The summed E-state index contributed by atoms with van der Waals surface area (Å²) in [4.78, 5) is 11.2. The monoisotopic (exact) mass is 433 g/mol. The van der Waals surface area contributed by atoms with Gasteiger partial charge < -0.3 is 19.2 Å². The van der Waals surface area contributed by atoms with Gasteiger partial charge in [0.25, 0.3) is 10.1 Å². The molecule has 3 heterocycles. The number of nitrogens with zero attached hydrogens (tertiary/aromatic N) is 4. The number of aryl methyl sites for hydroxylation is 1. The minimum Gasteiger partial charge on any atom is -0.444 e. The van der Waals surface area contributed by atoms with Gasteiger partial charge in [-0.15, -0.1) is 0 Å². The molecule has 1 aliphatic rings. The standard InChI is InChI=1S/C20H27N5O4S/c1-15-21-13-17(29-15)14-25-19-6-4-3-5-18(19)23-20(25)22-16-7-9-24(10-8-16)11-12-28-30(2,26)27/h3-6,13,16H,7-12,14H2,1-2H3,(H,22,23). The number of imidazole rings is 1. The van der Waals surface area contributed by atoms with E-state index in [4.69, 9.17) is 13.6 Å². The predicted octanol–water partition coefficient (Wildman–Crippen LogP) is 2.23. The van der Waals surface area contributed by atoms with Crippen molar-refractivity contribution in [3.8, 4) is 0 Å². The van der Waals surface area contributed by atoms with E-state index in [9.17, 15) is 8.42 Å². The van der Waals surface area contributed by atoms with Crippen molar-refractivity contribution in [2.75, 3.05) is 37.8 Å². The maximum atomic E-state index is 11.1. The van der Waals surface area contributed by atoms with Crippen LogP contribution in [-0.2, 0) is 20.8 Å². The third kappa shape index (κ3) is 5.18. The summed E-state index contributed by atoms with van der Waals surface area (Å²) in [5.74, 6) is 2.26. The second kappa shape index (κ2) is 8.75. The van der Waals surface area contributed by atoms with E-state index in [1.807, 2.05) is 25.1 Å². The van der Waals surface area contributed by atoms with Gasteiger partial charge in [-0.25, -0.2) is 9.97 Å². The molecule has 1 aliphatic heterocycles. The molecule has 0 bridgehead atoms. The molecule has 30 heavy (non-hydrogen) atoms. The van der Waals surface area contributed by atoms with Crippen LogP contribution in [-0.4, -0.2) is 66.4 Å². The third-order valence-corrected chi connectivity index (χ3v) is 5.86. The fraction of sp³-hybridized carbons (Fsp3) is 0.500. The molecule has 0 aliphatic carbocycles. The number of oxazole rings is 1. The molecule has 1 fully saturated rings. The summed E-state index contributed by atoms with van der Waals surface area (Å²) in [6.07, 6.45) is 4.73. The first-order chi connectivity index (χ1) is 14.4. The molecule has 3 aromatic rings. The summed E-state index contributed by atoms with van der Waals surface area (Å²) < 4.78 is 34.8. The van der Waals surface area contributed by atoms with Gasteiger partial charge in [-0.1, -0.05) is 12.1 Å². The number of anilines is 1. The highest BCUT2D eigenvalue weighted by Crippen LogP contribution is 2.24. The highest BCUT2D eigenvalue weighted by atomic mass is 32.2. The lowest BCUT2D eigenvalue weighted by Gasteiger charge is -2.32. The molecule has 4 rings (SSSR count). The zero-order valence-corrected chi connectivity index (χ0v) is 18.1. The third-order valence-electron chi connectivity index (χ3n) is 5.26. The number of likely N-dealkylation sites (tertiary alicyclic amines) is 1. The van der Waals surface area contributed by atoms with Crippen LogP contribution in [0.15, 0.2) is 34.9 Å². The van der Waals surface area contributed by atoms with Crippen LogP contribution < -0.4 is 5.32 Å². The SMILES string of the molecule is Cc1ncc(Cn2c(NC3CCN(CCOS(C)(=O)=O)CC3)nc3ccccc32)o1. The predicted molar refractivity (Wildman–Crippen MR) is 114 cm³/mol. The number of para-hydroxylation sites is 2. The Labute approximate surface area is 176 Å². The van der Waals surface area contributed by atoms with E-state index in [1.54, 1.807) is 6.20 Å². The van der Waals surface area contributed by atoms with E-state index in [1.165, 1.54) is 0 Å². The Kier molecular flexibility index (Phi) is 6.07. The fourth-order valence-electron chi connectivity index (χ4n) is 3.78. The maximum Gasteiger partial charge on any atom is 0.264 e. The van der Waals surface area contributed by atoms with Crippen molar-refractivity contribution in [1.29, 1.82) is 0 Å². The van der Waals surface area contributed by atoms with Gasteiger partial charge >= 0.3 is 0 Å². The largest absolute Gasteiger partial charge is 0.444 e. The molecule has 162 valence electrons. The average molecular weight is 434 g/mol. The van der Waals surface area contributed by atoms with E-state index < -0.39 is 10.1 Å². The van der Waals surface area contributed by atoms with Gasteiger partial charge in [0.15, 0.2) is 5.89 Å². The number of aromatic nitrogens is 3. The quantitative estimate of drug-likeness (QED) is 0.540. The topological polar surface area (TPSA) is 102 Å². The van der Waals surface area contributed by atoms with Gasteiger partial charge in [0, 0.05) is 32.6 Å². The van der Waals surface area contributed by atoms with Crippen molar-refractivity contribution in [2.45, 2.75) is 32.4 Å². The van der Waals surface area contributed by atoms with Crippen LogP contribution in [0.4, 0.5) is 5.95 Å². The molecular weight excluding hydrogens is 406 g/mol. The Morgan fingerprint density at radius 2 is 2.03 bits per heavy atom. The second-order valence-corrected chi connectivity index (χ2v) is 9.29. The summed E-state index contributed by atoms with van der Waals surface area (Å²) in [5.41, 5.74) is 1.98. The Hall–Kier alpha value is -2.43. The Morgan fingerprint density at radius 3 is 2.73 bits per heavy atom. The van der Waals surface area contributed by atoms with Gasteiger partial charge in [0.1, 0.15) is 5.76 Å². The number of piperidine rings is 1. The second-order valence-electron chi connectivity index (χ2n) is 7.64. The number of hydrogen-bond acceptors (Lipinski definition) is 8. The van der Waals surface area contributed by atoms with E-state index in [2.05, 4.69) is 25.8 Å². The number of nitrogens with one attached hydrogen (secondary N) is 1. The smallest absolute Gasteiger partial charge is 0.264 e. The Bertz CT molecular complexity index is 1100. The van der Waals surface area contributed by atoms with Gasteiger partial charge in [-0.3, -0.25) is 4.18 Å². The molecule has 1 saturated heterocycles. The summed E-state index contributed by atoms with van der Waals surface area (Å²) >= 11 is 0. The zero-order chi connectivity index (χ0) is 21.1. The lowest BCUT2D eigenvalue weighted by molar-refractivity contribution is 0.180. The zero-order valence-electron chi connectivity index (χ0n) is 17.2. The molecule has 9 nitrogen and oxygen atoms in total. The summed E-state index contributed by atoms with van der Waals surface area (Å²) in [7, 11) is -3.38. The average Bonchev–Trinajstić information content (AvgIpc) is 3.26. The normalized spacial score (nSPS) is 16.3. The molecule has 0 saturated carbocycles. The number of benzene rings is 1. The van der Waals surface area contributed by atoms with Crippen LogP contribution in [0.1, 0.15) is 24.5 Å². The van der Waals surface area contributed by atoms with Crippen molar-refractivity contribution in [3.63, 3.8) is 0 Å². The molecule has 0 atom stereocenters. The Balaban J connectivity index is 1.41. The molecule has 0 spiro atoms. The first-order valence-electron chi connectivity index (χ1n) is 10.1. The molecule has 2 aromatic heterocycles. The fourth-order valence-corrected chi connectivity index (χ4v) is 4.16. The van der Waals surface area contributed by atoms with E-state index in [0.717, 1.165) is 54.9 Å². The highest BCUT2D eigenvalue weighted by Gasteiger charge is 2.22. The lowest BCUT2D eigenvalue weighted by Crippen LogP contribution is -2.41. The van der Waals surface area contributed by atoms with Crippen molar-refractivity contribution < 1.29 is 17.0 Å². The van der Waals surface area contributed by atoms with Crippen LogP contribution in [0.5, 0.6) is 0 Å². The van der Waals surface area contributed by atoms with E-state index >= 15 is 0 Å². The number of fused-ring (bicyclic) bond motifs is 1. The van der Waals surface area contributed by atoms with Gasteiger partial charge in [0.2, 0.25) is 5.95 Å². The summed E-state index contributed by atoms with van der Waals surface area (Å²) in [6.45, 7) is 4.97. The molecule has 1 aromatic carbocycles. The van der Waals surface area contributed by atoms with Gasteiger partial charge in [-0.2, -0.15) is 8.42 Å². The lowest BCUT2D eigenvalue weighted by atomic mass is 10.1. The van der Waals surface area contributed by atoms with Crippen molar-refractivity contribution in [3.05, 3.63) is 42.1 Å². The summed E-state index contributed by atoms with van der Waals surface area (Å²) in [6, 6.07) is 8.35. The number of hydrogen-bond donors (Lipinski definition) is 1. The molecule has 0 amide bonds. The van der Waals surface area contributed by atoms with Crippen molar-refractivity contribution in [2.24, 2.45) is 0 Å². The molecule has 0 radical (unpaired) electrons. The molecular formula is C20H27N5O4S. The van der Waals surface area contributed by atoms with Crippen molar-refractivity contribution >= 4 is 27.1 Å². The van der Waals surface area contributed by atoms with Gasteiger partial charge in [-0.05, 0) is 25.0 Å². The van der Waals surface area contributed by atoms with Crippen LogP contribution in [0.3, 0.4) is 0 Å². The minimum atomic E-state index is -3.38. The maximum absolute atomic E-state index is 11.1. The molecule has 0 unspecified atom stereocenters. The Morgan fingerprint density at radius 1 is 1.27 bits per heavy atom. The van der Waals surface area contributed by atoms with E-state index in [0.29, 0.717) is 25.0 Å². The van der Waals surface area contributed by atoms with Crippen LogP contribution in [0.25, 0.3) is 11.0 Å². The van der Waals surface area contributed by atoms with E-state index in [-0.39, 0.29) is 6.61 Å². The molecule has 1 N–H and O–H groups in total. The first kappa shape index (κ1) is 20.8. The van der Waals surface area contributed by atoms with Crippen molar-refractivity contribution in [1.82, 2.24) is 19.4 Å². The van der Waals surface area contributed by atoms with Crippen LogP contribution >= 0.6 is 0 Å². The highest BCUT2D eigenvalue weighted by molar-refractivity contribution is 7.85. The minimum absolute atomic E-state index is 0.198. The molecule has 10 heteroatoms. The number of rotatable bonds is 8. The first-order valence-corrected chi connectivity index (χ1v) is 11.9.